The fourth-order valence-electron chi connectivity index (χ4n) is 3.09. The lowest BCUT2D eigenvalue weighted by molar-refractivity contribution is 0.0935. The summed E-state index contributed by atoms with van der Waals surface area (Å²) in [6, 6.07) is 15.0. The van der Waals surface area contributed by atoms with E-state index in [0.29, 0.717) is 11.3 Å². The Balaban J connectivity index is 1.74. The zero-order valence-electron chi connectivity index (χ0n) is 16.0. The number of hydrogen-bond donors (Lipinski definition) is 1. The lowest BCUT2D eigenvalue weighted by atomic mass is 10.1. The molecule has 4 aromatic rings. The third-order valence-electron chi connectivity index (χ3n) is 4.62. The number of pyridine rings is 1. The molecule has 0 fully saturated rings. The van der Waals surface area contributed by atoms with E-state index in [-0.39, 0.29) is 17.2 Å². The summed E-state index contributed by atoms with van der Waals surface area (Å²) in [5.74, 6) is -1.35. The molecule has 2 aromatic heterocycles. The quantitative estimate of drug-likeness (QED) is 0.543. The van der Waals surface area contributed by atoms with Gasteiger partial charge in [-0.3, -0.25) is 9.78 Å². The summed E-state index contributed by atoms with van der Waals surface area (Å²) in [5, 5.41) is 10.9. The van der Waals surface area contributed by atoms with Gasteiger partial charge in [-0.15, -0.1) is 5.10 Å². The van der Waals surface area contributed by atoms with Crippen molar-refractivity contribution >= 4 is 5.91 Å². The number of nitrogens with zero attached hydrogens (tertiary/aromatic N) is 4. The maximum Gasteiger partial charge on any atom is 0.274 e. The summed E-state index contributed by atoms with van der Waals surface area (Å²) in [7, 11) is 0. The van der Waals surface area contributed by atoms with Crippen LogP contribution in [0.25, 0.3) is 16.9 Å². The first-order valence-corrected chi connectivity index (χ1v) is 9.22. The van der Waals surface area contributed by atoms with Gasteiger partial charge in [0.1, 0.15) is 23.0 Å². The van der Waals surface area contributed by atoms with Gasteiger partial charge < -0.3 is 5.32 Å². The molecular formula is C22H17F2N5O. The van der Waals surface area contributed by atoms with E-state index in [1.54, 1.807) is 61.8 Å². The molecule has 2 aromatic carbocycles. The SMILES string of the molecule is C[C@H](NC(=O)c1nnn(-c2ccccc2F)c1-c1cccnc1)c1ccc(F)cc1. The fourth-order valence-corrected chi connectivity index (χ4v) is 3.09. The third-order valence-corrected chi connectivity index (χ3v) is 4.62. The molecule has 0 radical (unpaired) electrons. The highest BCUT2D eigenvalue weighted by molar-refractivity contribution is 5.98. The van der Waals surface area contributed by atoms with Crippen LogP contribution in [-0.2, 0) is 0 Å². The van der Waals surface area contributed by atoms with Gasteiger partial charge in [-0.05, 0) is 48.9 Å². The average Bonchev–Trinajstić information content (AvgIpc) is 3.20. The molecule has 0 bridgehead atoms. The van der Waals surface area contributed by atoms with Gasteiger partial charge in [0.05, 0.1) is 6.04 Å². The van der Waals surface area contributed by atoms with Crippen molar-refractivity contribution in [3.63, 3.8) is 0 Å². The maximum atomic E-state index is 14.4. The Bertz CT molecular complexity index is 1180. The Morgan fingerprint density at radius 2 is 1.80 bits per heavy atom. The Hall–Kier alpha value is -3.94. The molecular weight excluding hydrogens is 388 g/mol. The Labute approximate surface area is 171 Å². The molecule has 0 aliphatic carbocycles. The van der Waals surface area contributed by atoms with Crippen molar-refractivity contribution in [1.82, 2.24) is 25.3 Å². The Kier molecular flexibility index (Phi) is 5.30. The van der Waals surface area contributed by atoms with E-state index in [2.05, 4.69) is 20.6 Å². The predicted molar refractivity (Wildman–Crippen MR) is 107 cm³/mol. The number of amides is 1. The van der Waals surface area contributed by atoms with Crippen molar-refractivity contribution < 1.29 is 13.6 Å². The highest BCUT2D eigenvalue weighted by Gasteiger charge is 2.24. The second kappa shape index (κ2) is 8.20. The van der Waals surface area contributed by atoms with E-state index in [1.165, 1.54) is 22.9 Å². The van der Waals surface area contributed by atoms with E-state index in [4.69, 9.17) is 0 Å². The molecule has 0 spiro atoms. The number of rotatable bonds is 5. The molecule has 30 heavy (non-hydrogen) atoms. The van der Waals surface area contributed by atoms with Crippen molar-refractivity contribution in [2.45, 2.75) is 13.0 Å². The highest BCUT2D eigenvalue weighted by atomic mass is 19.1. The molecule has 0 saturated heterocycles. The van der Waals surface area contributed by atoms with Crippen LogP contribution in [0.3, 0.4) is 0 Å². The number of aromatic nitrogens is 4. The van der Waals surface area contributed by atoms with E-state index in [1.807, 2.05) is 0 Å². The molecule has 0 aliphatic heterocycles. The number of hydrogen-bond acceptors (Lipinski definition) is 4. The Morgan fingerprint density at radius 1 is 1.03 bits per heavy atom. The standard InChI is InChI=1S/C22H17F2N5O/c1-14(15-8-10-17(23)11-9-15)26-22(30)20-21(16-5-4-12-25-13-16)29(28-27-20)19-7-3-2-6-18(19)24/h2-14H,1H3,(H,26,30)/t14-/m0/s1. The van der Waals surface area contributed by atoms with Crippen molar-refractivity contribution in [3.05, 3.63) is 95.9 Å². The lowest BCUT2D eigenvalue weighted by Crippen LogP contribution is -2.27. The van der Waals surface area contributed by atoms with Crippen molar-refractivity contribution in [2.24, 2.45) is 0 Å². The van der Waals surface area contributed by atoms with Crippen LogP contribution in [0.5, 0.6) is 0 Å². The lowest BCUT2D eigenvalue weighted by Gasteiger charge is -2.14. The summed E-state index contributed by atoms with van der Waals surface area (Å²) in [6.45, 7) is 1.77. The summed E-state index contributed by atoms with van der Waals surface area (Å²) < 4.78 is 28.9. The Morgan fingerprint density at radius 3 is 2.50 bits per heavy atom. The maximum absolute atomic E-state index is 14.4. The summed E-state index contributed by atoms with van der Waals surface area (Å²) in [6.07, 6.45) is 3.15. The average molecular weight is 405 g/mol. The van der Waals surface area contributed by atoms with Gasteiger partial charge in [0.25, 0.3) is 5.91 Å². The van der Waals surface area contributed by atoms with Gasteiger partial charge in [0, 0.05) is 18.0 Å². The minimum Gasteiger partial charge on any atom is -0.344 e. The number of carbonyl (C=O) groups excluding carboxylic acids is 1. The summed E-state index contributed by atoms with van der Waals surface area (Å²) >= 11 is 0. The van der Waals surface area contributed by atoms with Gasteiger partial charge in [-0.2, -0.15) is 0 Å². The smallest absolute Gasteiger partial charge is 0.274 e. The van der Waals surface area contributed by atoms with Crippen LogP contribution < -0.4 is 5.32 Å². The topological polar surface area (TPSA) is 72.7 Å². The van der Waals surface area contributed by atoms with Crippen LogP contribution in [0.1, 0.15) is 29.0 Å². The molecule has 0 unspecified atom stereocenters. The minimum atomic E-state index is -0.501. The normalized spacial score (nSPS) is 11.8. The van der Waals surface area contributed by atoms with Gasteiger partial charge in [-0.25, -0.2) is 13.5 Å². The number of nitrogens with one attached hydrogen (secondary N) is 1. The predicted octanol–water partition coefficient (Wildman–Crippen LogP) is 4.10. The van der Waals surface area contributed by atoms with Gasteiger partial charge in [0.15, 0.2) is 5.69 Å². The van der Waals surface area contributed by atoms with Crippen LogP contribution in [0.4, 0.5) is 8.78 Å². The van der Waals surface area contributed by atoms with E-state index >= 15 is 0 Å². The number of para-hydroxylation sites is 1. The molecule has 1 N–H and O–H groups in total. The van der Waals surface area contributed by atoms with E-state index in [9.17, 15) is 13.6 Å². The third kappa shape index (κ3) is 3.80. The van der Waals surface area contributed by atoms with Crippen LogP contribution in [0.2, 0.25) is 0 Å². The molecule has 8 heteroatoms. The zero-order valence-corrected chi connectivity index (χ0v) is 16.0. The number of halogens is 2. The molecule has 2 heterocycles. The molecule has 150 valence electrons. The van der Waals surface area contributed by atoms with Crippen molar-refractivity contribution in [3.8, 4) is 16.9 Å². The van der Waals surface area contributed by atoms with Crippen LogP contribution in [-0.4, -0.2) is 25.9 Å². The van der Waals surface area contributed by atoms with E-state index in [0.717, 1.165) is 5.56 Å². The molecule has 0 aliphatic rings. The van der Waals surface area contributed by atoms with Gasteiger partial charge in [-0.1, -0.05) is 29.5 Å². The van der Waals surface area contributed by atoms with Crippen LogP contribution >= 0.6 is 0 Å². The molecule has 0 saturated carbocycles. The van der Waals surface area contributed by atoms with Crippen molar-refractivity contribution in [1.29, 1.82) is 0 Å². The summed E-state index contributed by atoms with van der Waals surface area (Å²) in [4.78, 5) is 17.1. The van der Waals surface area contributed by atoms with Gasteiger partial charge in [0.2, 0.25) is 0 Å². The van der Waals surface area contributed by atoms with Crippen LogP contribution in [0, 0.1) is 11.6 Å². The largest absolute Gasteiger partial charge is 0.344 e. The second-order valence-corrected chi connectivity index (χ2v) is 6.64. The summed E-state index contributed by atoms with van der Waals surface area (Å²) in [5.41, 5.74) is 1.80. The minimum absolute atomic E-state index is 0.0280. The second-order valence-electron chi connectivity index (χ2n) is 6.64. The number of benzene rings is 2. The fraction of sp³-hybridized carbons (Fsp3) is 0.0909. The monoisotopic (exact) mass is 405 g/mol. The van der Waals surface area contributed by atoms with Crippen LogP contribution in [0.15, 0.2) is 73.1 Å². The zero-order chi connectivity index (χ0) is 21.1. The first kappa shape index (κ1) is 19.4. The molecule has 4 rings (SSSR count). The highest BCUT2D eigenvalue weighted by Crippen LogP contribution is 2.26. The molecule has 1 amide bonds. The first-order chi connectivity index (χ1) is 14.5. The van der Waals surface area contributed by atoms with E-state index < -0.39 is 17.8 Å². The first-order valence-electron chi connectivity index (χ1n) is 9.22. The number of carbonyl (C=O) groups is 1. The van der Waals surface area contributed by atoms with Gasteiger partial charge >= 0.3 is 0 Å². The van der Waals surface area contributed by atoms with Crippen molar-refractivity contribution in [2.75, 3.05) is 0 Å². The molecule has 1 atom stereocenters. The molecule has 6 nitrogen and oxygen atoms in total.